The van der Waals surface area contributed by atoms with Crippen LogP contribution in [0.25, 0.3) is 10.6 Å². The Morgan fingerprint density at radius 1 is 1.58 bits per heavy atom. The van der Waals surface area contributed by atoms with Crippen LogP contribution in [0.15, 0.2) is 23.0 Å². The zero-order chi connectivity index (χ0) is 13.2. The van der Waals surface area contributed by atoms with E-state index in [-0.39, 0.29) is 11.0 Å². The van der Waals surface area contributed by atoms with E-state index in [4.69, 9.17) is 10.5 Å². The molecule has 1 atom stereocenters. The lowest BCUT2D eigenvalue weighted by Gasteiger charge is -2.27. The molecule has 2 heterocycles. The Bertz CT molecular complexity index is 633. The monoisotopic (exact) mass is 278 g/mol. The van der Waals surface area contributed by atoms with Gasteiger partial charge in [-0.3, -0.25) is 4.79 Å². The molecule has 19 heavy (non-hydrogen) atoms. The number of rotatable bonds is 4. The fourth-order valence-corrected chi connectivity index (χ4v) is 2.48. The molecule has 1 saturated heterocycles. The van der Waals surface area contributed by atoms with Gasteiger partial charge in [-0.05, 0) is 24.6 Å². The number of hydrogen-bond donors (Lipinski definition) is 3. The number of anilines is 2. The third-order valence-electron chi connectivity index (χ3n) is 3.05. The van der Waals surface area contributed by atoms with Gasteiger partial charge in [-0.25, -0.2) is 5.10 Å². The first-order valence-corrected chi connectivity index (χ1v) is 6.85. The van der Waals surface area contributed by atoms with Crippen molar-refractivity contribution in [3.8, 4) is 10.6 Å². The molecule has 1 aromatic heterocycles. The van der Waals surface area contributed by atoms with E-state index in [1.807, 2.05) is 18.2 Å². The van der Waals surface area contributed by atoms with Crippen LogP contribution in [-0.4, -0.2) is 29.5 Å². The number of hydrogen-bond acceptors (Lipinski definition) is 6. The average Bonchev–Trinajstić information content (AvgIpc) is 2.76. The maximum absolute atomic E-state index is 11.1. The SMILES string of the molecule is Nc1cc(-c2n[nH]c(=O)s2)ccc1NCC1CCO1. The fourth-order valence-electron chi connectivity index (χ4n) is 1.88. The van der Waals surface area contributed by atoms with Gasteiger partial charge in [-0.1, -0.05) is 11.3 Å². The largest absolute Gasteiger partial charge is 0.397 e. The topological polar surface area (TPSA) is 93.0 Å². The summed E-state index contributed by atoms with van der Waals surface area (Å²) in [5.41, 5.74) is 8.35. The van der Waals surface area contributed by atoms with Crippen molar-refractivity contribution in [3.63, 3.8) is 0 Å². The van der Waals surface area contributed by atoms with Crippen LogP contribution in [0.1, 0.15) is 6.42 Å². The Morgan fingerprint density at radius 2 is 2.42 bits per heavy atom. The van der Waals surface area contributed by atoms with E-state index < -0.39 is 0 Å². The Morgan fingerprint density at radius 3 is 3.00 bits per heavy atom. The highest BCUT2D eigenvalue weighted by molar-refractivity contribution is 7.12. The highest BCUT2D eigenvalue weighted by Crippen LogP contribution is 2.27. The third kappa shape index (κ3) is 2.61. The zero-order valence-electron chi connectivity index (χ0n) is 10.2. The summed E-state index contributed by atoms with van der Waals surface area (Å²) in [4.78, 5) is 10.9. The minimum Gasteiger partial charge on any atom is -0.397 e. The summed E-state index contributed by atoms with van der Waals surface area (Å²) in [6.07, 6.45) is 1.38. The van der Waals surface area contributed by atoms with Gasteiger partial charge in [-0.2, -0.15) is 5.10 Å². The number of benzene rings is 1. The zero-order valence-corrected chi connectivity index (χ0v) is 11.0. The molecule has 100 valence electrons. The Balaban J connectivity index is 1.75. The maximum atomic E-state index is 11.1. The number of ether oxygens (including phenoxy) is 1. The molecular weight excluding hydrogens is 264 g/mol. The van der Waals surface area contributed by atoms with Crippen molar-refractivity contribution < 1.29 is 4.74 Å². The summed E-state index contributed by atoms with van der Waals surface area (Å²) < 4.78 is 5.34. The summed E-state index contributed by atoms with van der Waals surface area (Å²) >= 11 is 1.07. The number of H-pyrrole nitrogens is 1. The van der Waals surface area contributed by atoms with E-state index >= 15 is 0 Å². The van der Waals surface area contributed by atoms with Crippen molar-refractivity contribution >= 4 is 22.7 Å². The third-order valence-corrected chi connectivity index (χ3v) is 3.85. The van der Waals surface area contributed by atoms with Gasteiger partial charge in [-0.15, -0.1) is 0 Å². The smallest absolute Gasteiger partial charge is 0.322 e. The lowest BCUT2D eigenvalue weighted by Crippen LogP contribution is -2.33. The van der Waals surface area contributed by atoms with Crippen LogP contribution in [0.2, 0.25) is 0 Å². The lowest BCUT2D eigenvalue weighted by atomic mass is 10.1. The average molecular weight is 278 g/mol. The number of aromatic nitrogens is 2. The minimum atomic E-state index is -0.169. The summed E-state index contributed by atoms with van der Waals surface area (Å²) in [6, 6.07) is 5.61. The molecule has 1 unspecified atom stereocenters. The van der Waals surface area contributed by atoms with Crippen LogP contribution < -0.4 is 15.9 Å². The predicted molar refractivity (Wildman–Crippen MR) is 75.4 cm³/mol. The molecule has 0 amide bonds. The molecule has 0 saturated carbocycles. The standard InChI is InChI=1S/C12H14N4O2S/c13-9-5-7(11-15-16-12(17)19-11)1-2-10(9)14-6-8-3-4-18-8/h1-2,5,8,14H,3-4,6,13H2,(H,16,17). The van der Waals surface area contributed by atoms with Crippen LogP contribution in [0.4, 0.5) is 11.4 Å². The second-order valence-corrected chi connectivity index (χ2v) is 5.34. The Kier molecular flexibility index (Phi) is 3.22. The quantitative estimate of drug-likeness (QED) is 0.733. The first-order chi connectivity index (χ1) is 9.22. The van der Waals surface area contributed by atoms with Gasteiger partial charge in [0, 0.05) is 18.7 Å². The Hall–Kier alpha value is -1.86. The van der Waals surface area contributed by atoms with Crippen LogP contribution >= 0.6 is 11.3 Å². The van der Waals surface area contributed by atoms with Gasteiger partial charge in [0.1, 0.15) is 5.01 Å². The van der Waals surface area contributed by atoms with Crippen molar-refractivity contribution in [1.29, 1.82) is 0 Å². The molecular formula is C12H14N4O2S. The van der Waals surface area contributed by atoms with E-state index in [1.54, 1.807) is 0 Å². The van der Waals surface area contributed by atoms with Crippen LogP contribution in [0.3, 0.4) is 0 Å². The van der Waals surface area contributed by atoms with Crippen molar-refractivity contribution in [2.75, 3.05) is 24.2 Å². The molecule has 0 spiro atoms. The van der Waals surface area contributed by atoms with Gasteiger partial charge in [0.25, 0.3) is 0 Å². The van der Waals surface area contributed by atoms with Crippen LogP contribution in [-0.2, 0) is 4.74 Å². The van der Waals surface area contributed by atoms with Crippen molar-refractivity contribution in [3.05, 3.63) is 27.9 Å². The highest BCUT2D eigenvalue weighted by atomic mass is 32.1. The normalized spacial score (nSPS) is 18.0. The molecule has 6 nitrogen and oxygen atoms in total. The molecule has 3 rings (SSSR count). The van der Waals surface area contributed by atoms with Gasteiger partial charge in [0.05, 0.1) is 17.5 Å². The maximum Gasteiger partial charge on any atom is 0.322 e. The molecule has 7 heteroatoms. The van der Waals surface area contributed by atoms with Crippen molar-refractivity contribution in [1.82, 2.24) is 10.2 Å². The van der Waals surface area contributed by atoms with Gasteiger partial charge in [0.2, 0.25) is 0 Å². The van der Waals surface area contributed by atoms with E-state index in [9.17, 15) is 4.79 Å². The molecule has 0 bridgehead atoms. The second kappa shape index (κ2) is 5.02. The first-order valence-electron chi connectivity index (χ1n) is 6.03. The highest BCUT2D eigenvalue weighted by Gasteiger charge is 2.17. The summed E-state index contributed by atoms with van der Waals surface area (Å²) in [6.45, 7) is 1.61. The molecule has 1 aromatic carbocycles. The van der Waals surface area contributed by atoms with E-state index in [1.165, 1.54) is 0 Å². The number of aromatic amines is 1. The molecule has 1 aliphatic heterocycles. The first kappa shape index (κ1) is 12.2. The Labute approximate surface area is 113 Å². The lowest BCUT2D eigenvalue weighted by molar-refractivity contribution is -0.0410. The van der Waals surface area contributed by atoms with Crippen LogP contribution in [0.5, 0.6) is 0 Å². The van der Waals surface area contributed by atoms with Crippen LogP contribution in [0, 0.1) is 0 Å². The number of nitrogen functional groups attached to an aromatic ring is 1. The molecule has 4 N–H and O–H groups in total. The van der Waals surface area contributed by atoms with Gasteiger partial charge in [0.15, 0.2) is 0 Å². The van der Waals surface area contributed by atoms with E-state index in [0.717, 1.165) is 42.2 Å². The number of nitrogens with zero attached hydrogens (tertiary/aromatic N) is 1. The number of nitrogens with one attached hydrogen (secondary N) is 2. The predicted octanol–water partition coefficient (Wildman–Crippen LogP) is 1.28. The van der Waals surface area contributed by atoms with Gasteiger partial charge >= 0.3 is 4.87 Å². The molecule has 0 aliphatic carbocycles. The molecule has 2 aromatic rings. The molecule has 0 radical (unpaired) electrons. The van der Waals surface area contributed by atoms with E-state index in [0.29, 0.717) is 10.7 Å². The van der Waals surface area contributed by atoms with Crippen molar-refractivity contribution in [2.45, 2.75) is 12.5 Å². The number of nitrogens with two attached hydrogens (primary N) is 1. The minimum absolute atomic E-state index is 0.169. The molecule has 1 fully saturated rings. The van der Waals surface area contributed by atoms with Crippen molar-refractivity contribution in [2.24, 2.45) is 0 Å². The molecule has 1 aliphatic rings. The fraction of sp³-hybridized carbons (Fsp3) is 0.333. The summed E-state index contributed by atoms with van der Waals surface area (Å²) in [7, 11) is 0. The summed E-state index contributed by atoms with van der Waals surface area (Å²) in [5, 5.41) is 10.2. The van der Waals surface area contributed by atoms with E-state index in [2.05, 4.69) is 15.5 Å². The van der Waals surface area contributed by atoms with Gasteiger partial charge < -0.3 is 15.8 Å². The second-order valence-electron chi connectivity index (χ2n) is 4.38. The summed E-state index contributed by atoms with van der Waals surface area (Å²) in [5.74, 6) is 0.